The van der Waals surface area contributed by atoms with E-state index < -0.39 is 10.0 Å². The lowest BCUT2D eigenvalue weighted by Crippen LogP contribution is -2.27. The highest BCUT2D eigenvalue weighted by molar-refractivity contribution is 7.98. The number of hydrogen-bond donors (Lipinski definition) is 0. The lowest BCUT2D eigenvalue weighted by Gasteiger charge is -2.17. The molecule has 1 aliphatic heterocycles. The average Bonchev–Trinajstić information content (AvgIpc) is 3.09. The molecular weight excluding hydrogens is 380 g/mol. The van der Waals surface area contributed by atoms with Crippen LogP contribution in [0.25, 0.3) is 6.08 Å². The molecule has 0 unspecified atom stereocenters. The van der Waals surface area contributed by atoms with Crippen LogP contribution >= 0.6 is 11.8 Å². The van der Waals surface area contributed by atoms with E-state index in [4.69, 9.17) is 0 Å². The summed E-state index contributed by atoms with van der Waals surface area (Å²) in [4.78, 5) is 15.7. The Morgan fingerprint density at radius 3 is 2.48 bits per heavy atom. The summed E-state index contributed by atoms with van der Waals surface area (Å²) in [5, 5.41) is 0. The van der Waals surface area contributed by atoms with Crippen LogP contribution in [0, 0.1) is 0 Å². The molecule has 0 atom stereocenters. The van der Waals surface area contributed by atoms with Crippen molar-refractivity contribution in [1.29, 1.82) is 0 Å². The van der Waals surface area contributed by atoms with Crippen molar-refractivity contribution < 1.29 is 13.2 Å². The maximum Gasteiger partial charge on any atom is 0.251 e. The fraction of sp³-hybridized carbons (Fsp3) is 0.250. The highest BCUT2D eigenvalue weighted by atomic mass is 32.2. The Morgan fingerprint density at radius 1 is 1.15 bits per heavy atom. The monoisotopic (exact) mass is 402 g/mol. The van der Waals surface area contributed by atoms with E-state index in [1.54, 1.807) is 40.9 Å². The van der Waals surface area contributed by atoms with Gasteiger partial charge in [0.05, 0.1) is 4.90 Å². The van der Waals surface area contributed by atoms with Gasteiger partial charge in [-0.2, -0.15) is 0 Å². The molecular formula is C20H22N2O3S2. The number of rotatable bonds is 5. The van der Waals surface area contributed by atoms with Gasteiger partial charge in [0, 0.05) is 37.3 Å². The molecule has 0 aromatic heterocycles. The van der Waals surface area contributed by atoms with Gasteiger partial charge in [0.1, 0.15) is 0 Å². The molecule has 5 nitrogen and oxygen atoms in total. The summed E-state index contributed by atoms with van der Waals surface area (Å²) in [6.45, 7) is 0.551. The predicted molar refractivity (Wildman–Crippen MR) is 111 cm³/mol. The second-order valence-corrected chi connectivity index (χ2v) is 9.46. The lowest BCUT2D eigenvalue weighted by atomic mass is 10.2. The van der Waals surface area contributed by atoms with Gasteiger partial charge < -0.3 is 4.90 Å². The molecule has 0 spiro atoms. The average molecular weight is 403 g/mol. The van der Waals surface area contributed by atoms with Gasteiger partial charge in [-0.1, -0.05) is 18.2 Å². The third-order valence-corrected chi connectivity index (χ3v) is 7.09. The first kappa shape index (κ1) is 19.7. The largest absolute Gasteiger partial charge is 0.308 e. The van der Waals surface area contributed by atoms with Gasteiger partial charge in [0.15, 0.2) is 0 Å². The zero-order chi connectivity index (χ0) is 19.6. The van der Waals surface area contributed by atoms with Crippen LogP contribution in [0.15, 0.2) is 58.3 Å². The number of carbonyl (C=O) groups is 1. The van der Waals surface area contributed by atoms with Gasteiger partial charge in [-0.15, -0.1) is 11.8 Å². The molecule has 0 radical (unpaired) electrons. The first-order chi connectivity index (χ1) is 12.8. The third-order valence-electron chi connectivity index (χ3n) is 4.53. The second-order valence-electron chi connectivity index (χ2n) is 6.42. The van der Waals surface area contributed by atoms with Crippen LogP contribution in [-0.4, -0.2) is 45.5 Å². The molecule has 142 valence electrons. The molecule has 1 aliphatic rings. The smallest absolute Gasteiger partial charge is 0.251 e. The van der Waals surface area contributed by atoms with Crippen LogP contribution in [0.3, 0.4) is 0 Å². The van der Waals surface area contributed by atoms with Crippen molar-refractivity contribution in [2.75, 3.05) is 31.8 Å². The molecule has 0 saturated carbocycles. The molecule has 7 heteroatoms. The summed E-state index contributed by atoms with van der Waals surface area (Å²) in [7, 11) is -0.541. The van der Waals surface area contributed by atoms with Crippen molar-refractivity contribution in [3.8, 4) is 0 Å². The molecule has 0 fully saturated rings. The van der Waals surface area contributed by atoms with Crippen molar-refractivity contribution in [3.63, 3.8) is 0 Å². The maximum atomic E-state index is 12.7. The summed E-state index contributed by atoms with van der Waals surface area (Å²) in [5.74, 6) is -0.151. The van der Waals surface area contributed by atoms with Crippen molar-refractivity contribution in [2.24, 2.45) is 0 Å². The number of amides is 1. The Bertz CT molecular complexity index is 981. The zero-order valence-electron chi connectivity index (χ0n) is 15.5. The van der Waals surface area contributed by atoms with Gasteiger partial charge in [-0.3, -0.25) is 4.79 Å². The molecule has 1 heterocycles. The third kappa shape index (κ3) is 4.10. The van der Waals surface area contributed by atoms with Gasteiger partial charge in [0.25, 0.3) is 5.91 Å². The molecule has 2 aromatic carbocycles. The normalized spacial score (nSPS) is 14.1. The van der Waals surface area contributed by atoms with Crippen molar-refractivity contribution in [3.05, 3.63) is 59.7 Å². The Balaban J connectivity index is 1.83. The van der Waals surface area contributed by atoms with Crippen LogP contribution in [0.5, 0.6) is 0 Å². The van der Waals surface area contributed by atoms with Gasteiger partial charge in [-0.25, -0.2) is 12.7 Å². The van der Waals surface area contributed by atoms with E-state index in [1.807, 2.05) is 30.5 Å². The van der Waals surface area contributed by atoms with Gasteiger partial charge in [0.2, 0.25) is 10.0 Å². The van der Waals surface area contributed by atoms with E-state index in [2.05, 4.69) is 0 Å². The zero-order valence-corrected chi connectivity index (χ0v) is 17.2. The summed E-state index contributed by atoms with van der Waals surface area (Å²) in [5.41, 5.74) is 2.61. The number of thioether (sulfide) groups is 1. The SMILES string of the molecule is CSc1ccc(/C=C/C(=O)N2CCc3ccc(S(=O)(=O)N(C)C)cc32)cc1. The Hall–Kier alpha value is -2.09. The molecule has 0 saturated heterocycles. The van der Waals surface area contributed by atoms with E-state index in [0.29, 0.717) is 12.2 Å². The number of hydrogen-bond acceptors (Lipinski definition) is 4. The Morgan fingerprint density at radius 2 is 1.85 bits per heavy atom. The molecule has 0 aliphatic carbocycles. The van der Waals surface area contributed by atoms with Crippen LogP contribution < -0.4 is 4.90 Å². The highest BCUT2D eigenvalue weighted by Gasteiger charge is 2.26. The maximum absolute atomic E-state index is 12.7. The van der Waals surface area contributed by atoms with Crippen LogP contribution in [-0.2, 0) is 21.2 Å². The lowest BCUT2D eigenvalue weighted by molar-refractivity contribution is -0.114. The van der Waals surface area contributed by atoms with Crippen LogP contribution in [0.2, 0.25) is 0 Å². The highest BCUT2D eigenvalue weighted by Crippen LogP contribution is 2.31. The summed E-state index contributed by atoms with van der Waals surface area (Å²) >= 11 is 1.67. The molecule has 0 bridgehead atoms. The number of anilines is 1. The van der Waals surface area contributed by atoms with Crippen molar-refractivity contribution in [1.82, 2.24) is 4.31 Å². The van der Waals surface area contributed by atoms with E-state index in [0.717, 1.165) is 17.5 Å². The first-order valence-corrected chi connectivity index (χ1v) is 11.2. The van der Waals surface area contributed by atoms with E-state index in [9.17, 15) is 13.2 Å². The molecule has 1 amide bonds. The second kappa shape index (κ2) is 7.88. The standard InChI is InChI=1S/C20H22N2O3S2/c1-21(2)27(24,25)18-10-7-16-12-13-22(19(16)14-18)20(23)11-6-15-4-8-17(26-3)9-5-15/h4-11,14H,12-13H2,1-3H3/b11-6+. The molecule has 2 aromatic rings. The fourth-order valence-corrected chi connectivity index (χ4v) is 4.26. The fourth-order valence-electron chi connectivity index (χ4n) is 2.93. The summed E-state index contributed by atoms with van der Waals surface area (Å²) in [6.07, 6.45) is 6.06. The summed E-state index contributed by atoms with van der Waals surface area (Å²) in [6, 6.07) is 13.0. The van der Waals surface area contributed by atoms with E-state index >= 15 is 0 Å². The minimum absolute atomic E-state index is 0.151. The van der Waals surface area contributed by atoms with Crippen molar-refractivity contribution >= 4 is 39.5 Å². The van der Waals surface area contributed by atoms with Crippen LogP contribution in [0.1, 0.15) is 11.1 Å². The summed E-state index contributed by atoms with van der Waals surface area (Å²) < 4.78 is 25.9. The quantitative estimate of drug-likeness (QED) is 0.569. The molecule has 3 rings (SSSR count). The topological polar surface area (TPSA) is 57.7 Å². The first-order valence-electron chi connectivity index (χ1n) is 8.52. The number of carbonyl (C=O) groups excluding carboxylic acids is 1. The Labute approximate surface area is 164 Å². The van der Waals surface area contributed by atoms with Gasteiger partial charge >= 0.3 is 0 Å². The Kier molecular flexibility index (Phi) is 5.74. The van der Waals surface area contributed by atoms with Crippen LogP contribution in [0.4, 0.5) is 5.69 Å². The molecule has 0 N–H and O–H groups in total. The van der Waals surface area contributed by atoms with Crippen molar-refractivity contribution in [2.45, 2.75) is 16.2 Å². The number of sulfonamides is 1. The predicted octanol–water partition coefficient (Wildman–Crippen LogP) is 3.26. The minimum Gasteiger partial charge on any atom is -0.308 e. The number of fused-ring (bicyclic) bond motifs is 1. The minimum atomic E-state index is -3.53. The molecule has 27 heavy (non-hydrogen) atoms. The van der Waals surface area contributed by atoms with E-state index in [-0.39, 0.29) is 10.8 Å². The van der Waals surface area contributed by atoms with E-state index in [1.165, 1.54) is 29.4 Å². The van der Waals surface area contributed by atoms with Gasteiger partial charge in [-0.05, 0) is 54.1 Å². The number of nitrogens with zero attached hydrogens (tertiary/aromatic N) is 2. The number of benzene rings is 2.